The maximum Gasteiger partial charge on any atom is 0.339 e. The predicted octanol–water partition coefficient (Wildman–Crippen LogP) is 3.57. The second-order valence-electron chi connectivity index (χ2n) is 5.10. The Morgan fingerprint density at radius 1 is 1.17 bits per heavy atom. The van der Waals surface area contributed by atoms with E-state index in [9.17, 15) is 14.0 Å². The highest BCUT2D eigenvalue weighted by molar-refractivity contribution is 5.97. The number of ether oxygens (including phenoxy) is 1. The third kappa shape index (κ3) is 4.64. The van der Waals surface area contributed by atoms with E-state index in [-0.39, 0.29) is 5.56 Å². The van der Waals surface area contributed by atoms with Crippen LogP contribution in [0.4, 0.5) is 10.1 Å². The van der Waals surface area contributed by atoms with E-state index in [0.29, 0.717) is 5.69 Å². The average Bonchev–Trinajstić information content (AvgIpc) is 2.55. The summed E-state index contributed by atoms with van der Waals surface area (Å²) >= 11 is 0. The second kappa shape index (κ2) is 7.54. The zero-order chi connectivity index (χ0) is 16.8. The predicted molar refractivity (Wildman–Crippen MR) is 85.7 cm³/mol. The van der Waals surface area contributed by atoms with Crippen LogP contribution in [0.3, 0.4) is 0 Å². The molecule has 120 valence electrons. The number of hydrogen-bond donors (Lipinski definition) is 1. The molecule has 0 aliphatic carbocycles. The summed E-state index contributed by atoms with van der Waals surface area (Å²) in [5.74, 6) is -1.72. The molecule has 5 heteroatoms. The first kappa shape index (κ1) is 16.7. The van der Waals surface area contributed by atoms with Crippen molar-refractivity contribution in [2.45, 2.75) is 26.4 Å². The number of anilines is 1. The molecule has 0 bridgehead atoms. The lowest BCUT2D eigenvalue weighted by Crippen LogP contribution is -2.30. The van der Waals surface area contributed by atoms with Gasteiger partial charge < -0.3 is 10.1 Å². The van der Waals surface area contributed by atoms with Gasteiger partial charge in [0, 0.05) is 5.69 Å². The number of carbonyl (C=O) groups is 2. The molecule has 0 aliphatic heterocycles. The normalized spacial score (nSPS) is 11.6. The highest BCUT2D eigenvalue weighted by atomic mass is 19.1. The van der Waals surface area contributed by atoms with Gasteiger partial charge in [-0.25, -0.2) is 9.18 Å². The summed E-state index contributed by atoms with van der Waals surface area (Å²) in [5.41, 5.74) is 1.85. The van der Waals surface area contributed by atoms with Crippen molar-refractivity contribution in [3.05, 3.63) is 65.5 Å². The molecule has 0 fully saturated rings. The van der Waals surface area contributed by atoms with Crippen LogP contribution in [-0.2, 0) is 16.0 Å². The summed E-state index contributed by atoms with van der Waals surface area (Å²) in [4.78, 5) is 23.9. The maximum absolute atomic E-state index is 13.1. The van der Waals surface area contributed by atoms with Crippen molar-refractivity contribution >= 4 is 17.6 Å². The minimum absolute atomic E-state index is 0.0666. The molecule has 2 aromatic rings. The molecule has 2 rings (SSSR count). The van der Waals surface area contributed by atoms with Crippen molar-refractivity contribution in [1.29, 1.82) is 0 Å². The molecule has 0 radical (unpaired) electrons. The number of esters is 1. The van der Waals surface area contributed by atoms with E-state index >= 15 is 0 Å². The van der Waals surface area contributed by atoms with Crippen LogP contribution >= 0.6 is 0 Å². The number of aryl methyl sites for hydroxylation is 1. The summed E-state index contributed by atoms with van der Waals surface area (Å²) in [5, 5.41) is 2.67. The summed E-state index contributed by atoms with van der Waals surface area (Å²) in [6, 6.07) is 12.5. The van der Waals surface area contributed by atoms with Crippen molar-refractivity contribution in [2.75, 3.05) is 5.32 Å². The van der Waals surface area contributed by atoms with Gasteiger partial charge in [-0.3, -0.25) is 4.79 Å². The largest absolute Gasteiger partial charge is 0.449 e. The minimum Gasteiger partial charge on any atom is -0.449 e. The lowest BCUT2D eigenvalue weighted by Gasteiger charge is -2.13. The van der Waals surface area contributed by atoms with Crippen molar-refractivity contribution in [2.24, 2.45) is 0 Å². The first-order valence-electron chi connectivity index (χ1n) is 7.36. The third-order valence-corrected chi connectivity index (χ3v) is 3.34. The van der Waals surface area contributed by atoms with Crippen LogP contribution in [-0.4, -0.2) is 18.0 Å². The summed E-state index contributed by atoms with van der Waals surface area (Å²) < 4.78 is 18.1. The average molecular weight is 315 g/mol. The highest BCUT2D eigenvalue weighted by Crippen LogP contribution is 2.12. The Morgan fingerprint density at radius 3 is 2.48 bits per heavy atom. The molecule has 1 atom stereocenters. The first-order valence-corrected chi connectivity index (χ1v) is 7.36. The van der Waals surface area contributed by atoms with Gasteiger partial charge in [0.25, 0.3) is 5.91 Å². The number of rotatable bonds is 5. The zero-order valence-electron chi connectivity index (χ0n) is 13.0. The smallest absolute Gasteiger partial charge is 0.339 e. The quantitative estimate of drug-likeness (QED) is 0.858. The van der Waals surface area contributed by atoms with Crippen LogP contribution in [0.15, 0.2) is 48.5 Å². The number of nitrogens with one attached hydrogen (secondary N) is 1. The second-order valence-corrected chi connectivity index (χ2v) is 5.10. The molecule has 0 aliphatic rings. The van der Waals surface area contributed by atoms with Gasteiger partial charge in [0.2, 0.25) is 0 Å². The lowest BCUT2D eigenvalue weighted by molar-refractivity contribution is -0.123. The molecule has 23 heavy (non-hydrogen) atoms. The van der Waals surface area contributed by atoms with Crippen molar-refractivity contribution in [3.63, 3.8) is 0 Å². The molecule has 0 saturated carbocycles. The van der Waals surface area contributed by atoms with E-state index < -0.39 is 23.8 Å². The SMILES string of the molecule is CCc1ccc(NC(=O)[C@H](C)OC(=O)c2cccc(F)c2)cc1. The monoisotopic (exact) mass is 315 g/mol. The lowest BCUT2D eigenvalue weighted by atomic mass is 10.1. The number of hydrogen-bond acceptors (Lipinski definition) is 3. The minimum atomic E-state index is -0.989. The summed E-state index contributed by atoms with van der Waals surface area (Å²) in [7, 11) is 0. The number of benzene rings is 2. The molecular weight excluding hydrogens is 297 g/mol. The Labute approximate surface area is 134 Å². The topological polar surface area (TPSA) is 55.4 Å². The van der Waals surface area contributed by atoms with E-state index in [1.165, 1.54) is 25.1 Å². The maximum atomic E-state index is 13.1. The van der Waals surface area contributed by atoms with Crippen LogP contribution < -0.4 is 5.32 Å². The van der Waals surface area contributed by atoms with Crippen molar-refractivity contribution in [1.82, 2.24) is 0 Å². The first-order chi connectivity index (χ1) is 11.0. The van der Waals surface area contributed by atoms with Crippen LogP contribution in [0.25, 0.3) is 0 Å². The van der Waals surface area contributed by atoms with Crippen LogP contribution in [0.5, 0.6) is 0 Å². The van der Waals surface area contributed by atoms with Gasteiger partial charge in [0.15, 0.2) is 6.10 Å². The van der Waals surface area contributed by atoms with Gasteiger partial charge in [-0.05, 0) is 49.2 Å². The standard InChI is InChI=1S/C18H18FNO3/c1-3-13-7-9-16(10-8-13)20-17(21)12(2)23-18(22)14-5-4-6-15(19)11-14/h4-12H,3H2,1-2H3,(H,20,21)/t12-/m0/s1. The zero-order valence-corrected chi connectivity index (χ0v) is 13.0. The molecular formula is C18H18FNO3. The number of carbonyl (C=O) groups excluding carboxylic acids is 2. The van der Waals surface area contributed by atoms with E-state index in [4.69, 9.17) is 4.74 Å². The molecule has 4 nitrogen and oxygen atoms in total. The van der Waals surface area contributed by atoms with Gasteiger partial charge in [0.05, 0.1) is 5.56 Å². The van der Waals surface area contributed by atoms with Crippen molar-refractivity contribution < 1.29 is 18.7 Å². The Morgan fingerprint density at radius 2 is 1.87 bits per heavy atom. The van der Waals surface area contributed by atoms with Gasteiger partial charge in [-0.15, -0.1) is 0 Å². The van der Waals surface area contributed by atoms with Crippen LogP contribution in [0.1, 0.15) is 29.8 Å². The Balaban J connectivity index is 1.95. The highest BCUT2D eigenvalue weighted by Gasteiger charge is 2.19. The third-order valence-electron chi connectivity index (χ3n) is 3.34. The molecule has 1 N–H and O–H groups in total. The van der Waals surface area contributed by atoms with Gasteiger partial charge in [0.1, 0.15) is 5.82 Å². The number of halogens is 1. The van der Waals surface area contributed by atoms with Gasteiger partial charge >= 0.3 is 5.97 Å². The number of amides is 1. The molecule has 1 amide bonds. The molecule has 0 heterocycles. The van der Waals surface area contributed by atoms with Gasteiger partial charge in [-0.1, -0.05) is 25.1 Å². The summed E-state index contributed by atoms with van der Waals surface area (Å²) in [6.07, 6.45) is -0.0767. The fourth-order valence-corrected chi connectivity index (χ4v) is 1.97. The molecule has 0 unspecified atom stereocenters. The molecule has 2 aromatic carbocycles. The van der Waals surface area contributed by atoms with Crippen molar-refractivity contribution in [3.8, 4) is 0 Å². The van der Waals surface area contributed by atoms with Gasteiger partial charge in [-0.2, -0.15) is 0 Å². The summed E-state index contributed by atoms with van der Waals surface area (Å²) in [6.45, 7) is 3.51. The van der Waals surface area contributed by atoms with E-state index in [0.717, 1.165) is 18.1 Å². The molecule has 0 spiro atoms. The molecule has 0 aromatic heterocycles. The van der Waals surface area contributed by atoms with Crippen LogP contribution in [0, 0.1) is 5.82 Å². The molecule has 0 saturated heterocycles. The van der Waals surface area contributed by atoms with E-state index in [1.54, 1.807) is 12.1 Å². The Hall–Kier alpha value is -2.69. The fourth-order valence-electron chi connectivity index (χ4n) is 1.97. The Bertz CT molecular complexity index is 698. The van der Waals surface area contributed by atoms with Crippen LogP contribution in [0.2, 0.25) is 0 Å². The van der Waals surface area contributed by atoms with E-state index in [1.807, 2.05) is 19.1 Å². The van der Waals surface area contributed by atoms with E-state index in [2.05, 4.69) is 5.32 Å². The Kier molecular flexibility index (Phi) is 5.46. The fraction of sp³-hybridized carbons (Fsp3) is 0.222.